The summed E-state index contributed by atoms with van der Waals surface area (Å²) < 4.78 is 0. The van der Waals surface area contributed by atoms with Gasteiger partial charge in [0.25, 0.3) is 0 Å². The number of hydrogen-bond acceptors (Lipinski definition) is 4. The highest BCUT2D eigenvalue weighted by Gasteiger charge is 2.11. The molecule has 1 aromatic heterocycles. The maximum absolute atomic E-state index is 11.0. The third-order valence-corrected chi connectivity index (χ3v) is 2.49. The molecule has 2 rings (SSSR count). The number of primary amides is 1. The van der Waals surface area contributed by atoms with Gasteiger partial charge in [0.05, 0.1) is 17.4 Å². The van der Waals surface area contributed by atoms with E-state index in [0.29, 0.717) is 5.56 Å². The topological polar surface area (TPSA) is 71.2 Å². The molecule has 0 bridgehead atoms. The van der Waals surface area contributed by atoms with Crippen molar-refractivity contribution in [3.05, 3.63) is 24.0 Å². The van der Waals surface area contributed by atoms with Crippen molar-refractivity contribution in [2.75, 3.05) is 31.1 Å². The summed E-state index contributed by atoms with van der Waals surface area (Å²) in [4.78, 5) is 17.2. The molecule has 1 aliphatic rings. The number of anilines is 1. The number of amides is 1. The molecule has 7 heteroatoms. The molecule has 0 unspecified atom stereocenters. The molecule has 0 aromatic carbocycles. The smallest absolute Gasteiger partial charge is 0.250 e. The third kappa shape index (κ3) is 4.03. The van der Waals surface area contributed by atoms with Crippen LogP contribution in [0.1, 0.15) is 10.4 Å². The summed E-state index contributed by atoms with van der Waals surface area (Å²) in [5.41, 5.74) is 6.63. The molecular formula is C10H16Cl2N4O. The molecule has 0 spiro atoms. The Kier molecular flexibility index (Phi) is 6.87. The van der Waals surface area contributed by atoms with E-state index in [1.54, 1.807) is 12.3 Å². The van der Waals surface area contributed by atoms with E-state index in [4.69, 9.17) is 5.73 Å². The molecule has 0 atom stereocenters. The minimum absolute atomic E-state index is 0. The van der Waals surface area contributed by atoms with E-state index < -0.39 is 5.91 Å². The zero-order valence-electron chi connectivity index (χ0n) is 9.26. The summed E-state index contributed by atoms with van der Waals surface area (Å²) in [5.74, 6) is -0.431. The lowest BCUT2D eigenvalue weighted by Gasteiger charge is -2.29. The van der Waals surface area contributed by atoms with Crippen molar-refractivity contribution in [1.82, 2.24) is 10.3 Å². The molecule has 96 valence electrons. The minimum Gasteiger partial charge on any atom is -0.368 e. The summed E-state index contributed by atoms with van der Waals surface area (Å²) >= 11 is 0. The van der Waals surface area contributed by atoms with Gasteiger partial charge < -0.3 is 16.0 Å². The normalized spacial score (nSPS) is 14.5. The molecule has 0 aliphatic carbocycles. The molecule has 1 saturated heterocycles. The zero-order chi connectivity index (χ0) is 10.7. The van der Waals surface area contributed by atoms with Crippen LogP contribution in [0.25, 0.3) is 0 Å². The standard InChI is InChI=1S/C10H14N4O.2ClH/c11-10(15)8-5-9(7-13-6-8)14-3-1-12-2-4-14;;/h5-7,12H,1-4H2,(H2,11,15);2*1H. The highest BCUT2D eigenvalue weighted by molar-refractivity contribution is 5.93. The number of nitrogens with two attached hydrogens (primary N) is 1. The lowest BCUT2D eigenvalue weighted by molar-refractivity contribution is 0.1000. The number of rotatable bonds is 2. The van der Waals surface area contributed by atoms with Gasteiger partial charge in [0.2, 0.25) is 5.91 Å². The van der Waals surface area contributed by atoms with Crippen LogP contribution in [0.2, 0.25) is 0 Å². The predicted octanol–water partition coefficient (Wildman–Crippen LogP) is 0.434. The Morgan fingerprint density at radius 3 is 2.53 bits per heavy atom. The Hall–Kier alpha value is -1.04. The van der Waals surface area contributed by atoms with E-state index in [1.807, 2.05) is 0 Å². The average molecular weight is 279 g/mol. The van der Waals surface area contributed by atoms with Crippen LogP contribution < -0.4 is 16.0 Å². The SMILES string of the molecule is Cl.Cl.NC(=O)c1cncc(N2CCNCC2)c1. The lowest BCUT2D eigenvalue weighted by atomic mass is 10.2. The number of nitrogens with one attached hydrogen (secondary N) is 1. The van der Waals surface area contributed by atoms with E-state index >= 15 is 0 Å². The van der Waals surface area contributed by atoms with Crippen LogP contribution in [0.5, 0.6) is 0 Å². The van der Waals surface area contributed by atoms with Crippen molar-refractivity contribution < 1.29 is 4.79 Å². The Balaban J connectivity index is 0.00000128. The maximum atomic E-state index is 11.0. The molecule has 17 heavy (non-hydrogen) atoms. The van der Waals surface area contributed by atoms with Crippen molar-refractivity contribution in [3.63, 3.8) is 0 Å². The fourth-order valence-corrected chi connectivity index (χ4v) is 1.66. The summed E-state index contributed by atoms with van der Waals surface area (Å²) in [6.45, 7) is 3.79. The number of hydrogen-bond donors (Lipinski definition) is 2. The van der Waals surface area contributed by atoms with Crippen LogP contribution in [0.15, 0.2) is 18.5 Å². The number of aromatic nitrogens is 1. The van der Waals surface area contributed by atoms with Crippen LogP contribution in [0.3, 0.4) is 0 Å². The molecule has 1 amide bonds. The summed E-state index contributed by atoms with van der Waals surface area (Å²) in [6, 6.07) is 1.79. The first-order valence-corrected chi connectivity index (χ1v) is 4.98. The fraction of sp³-hybridized carbons (Fsp3) is 0.400. The molecular weight excluding hydrogens is 263 g/mol. The molecule has 0 saturated carbocycles. The summed E-state index contributed by atoms with van der Waals surface area (Å²) in [7, 11) is 0. The number of nitrogens with zero attached hydrogens (tertiary/aromatic N) is 2. The van der Waals surface area contributed by atoms with E-state index in [9.17, 15) is 4.79 Å². The quantitative estimate of drug-likeness (QED) is 0.823. The Labute approximate surface area is 113 Å². The summed E-state index contributed by atoms with van der Waals surface area (Å²) in [5, 5.41) is 3.27. The second-order valence-electron chi connectivity index (χ2n) is 3.53. The van der Waals surface area contributed by atoms with Crippen LogP contribution >= 0.6 is 24.8 Å². The van der Waals surface area contributed by atoms with Gasteiger partial charge in [0, 0.05) is 32.4 Å². The zero-order valence-corrected chi connectivity index (χ0v) is 10.9. The Bertz CT molecular complexity index is 369. The second-order valence-corrected chi connectivity index (χ2v) is 3.53. The number of piperazine rings is 1. The van der Waals surface area contributed by atoms with Gasteiger partial charge in [0.1, 0.15) is 0 Å². The van der Waals surface area contributed by atoms with Gasteiger partial charge in [-0.1, -0.05) is 0 Å². The number of carbonyl (C=O) groups is 1. The largest absolute Gasteiger partial charge is 0.368 e. The van der Waals surface area contributed by atoms with Crippen molar-refractivity contribution in [1.29, 1.82) is 0 Å². The third-order valence-electron chi connectivity index (χ3n) is 2.49. The average Bonchev–Trinajstić information content (AvgIpc) is 2.30. The highest BCUT2D eigenvalue weighted by Crippen LogP contribution is 2.14. The first-order valence-electron chi connectivity index (χ1n) is 4.98. The van der Waals surface area contributed by atoms with Gasteiger partial charge in [-0.3, -0.25) is 9.78 Å². The molecule has 1 aromatic rings. The lowest BCUT2D eigenvalue weighted by Crippen LogP contribution is -2.43. The maximum Gasteiger partial charge on any atom is 0.250 e. The van der Waals surface area contributed by atoms with Crippen molar-refractivity contribution in [2.24, 2.45) is 5.73 Å². The van der Waals surface area contributed by atoms with Crippen LogP contribution in [0, 0.1) is 0 Å². The van der Waals surface area contributed by atoms with E-state index in [2.05, 4.69) is 15.2 Å². The van der Waals surface area contributed by atoms with Gasteiger partial charge in [-0.05, 0) is 6.07 Å². The van der Waals surface area contributed by atoms with Gasteiger partial charge in [-0.25, -0.2) is 0 Å². The van der Waals surface area contributed by atoms with Crippen LogP contribution in [-0.4, -0.2) is 37.1 Å². The minimum atomic E-state index is -0.431. The number of carbonyl (C=O) groups excluding carboxylic acids is 1. The van der Waals surface area contributed by atoms with Gasteiger partial charge in [-0.2, -0.15) is 0 Å². The fourth-order valence-electron chi connectivity index (χ4n) is 1.66. The monoisotopic (exact) mass is 278 g/mol. The first kappa shape index (κ1) is 16.0. The van der Waals surface area contributed by atoms with Crippen molar-refractivity contribution >= 4 is 36.4 Å². The van der Waals surface area contributed by atoms with Crippen molar-refractivity contribution in [2.45, 2.75) is 0 Å². The number of halogens is 2. The second kappa shape index (κ2) is 7.32. The Morgan fingerprint density at radius 2 is 1.94 bits per heavy atom. The molecule has 2 heterocycles. The Morgan fingerprint density at radius 1 is 1.29 bits per heavy atom. The molecule has 3 N–H and O–H groups in total. The molecule has 1 aliphatic heterocycles. The van der Waals surface area contributed by atoms with Gasteiger partial charge in [0.15, 0.2) is 0 Å². The molecule has 0 radical (unpaired) electrons. The van der Waals surface area contributed by atoms with Gasteiger partial charge in [-0.15, -0.1) is 24.8 Å². The molecule has 5 nitrogen and oxygen atoms in total. The van der Waals surface area contributed by atoms with Gasteiger partial charge >= 0.3 is 0 Å². The van der Waals surface area contributed by atoms with Crippen LogP contribution in [0.4, 0.5) is 5.69 Å². The highest BCUT2D eigenvalue weighted by atomic mass is 35.5. The number of pyridine rings is 1. The first-order chi connectivity index (χ1) is 7.27. The molecule has 1 fully saturated rings. The summed E-state index contributed by atoms with van der Waals surface area (Å²) in [6.07, 6.45) is 3.26. The van der Waals surface area contributed by atoms with E-state index in [0.717, 1.165) is 31.9 Å². The predicted molar refractivity (Wildman–Crippen MR) is 72.3 cm³/mol. The van der Waals surface area contributed by atoms with E-state index in [1.165, 1.54) is 6.20 Å². The van der Waals surface area contributed by atoms with Crippen LogP contribution in [-0.2, 0) is 0 Å². The van der Waals surface area contributed by atoms with Crippen molar-refractivity contribution in [3.8, 4) is 0 Å². The van der Waals surface area contributed by atoms with E-state index in [-0.39, 0.29) is 24.8 Å².